The van der Waals surface area contributed by atoms with E-state index in [1.807, 2.05) is 11.8 Å². The first kappa shape index (κ1) is 19.5. The van der Waals surface area contributed by atoms with Gasteiger partial charge < -0.3 is 15.2 Å². The maximum Gasteiger partial charge on any atom is 0.573 e. The maximum absolute atomic E-state index is 13.8. The zero-order valence-electron chi connectivity index (χ0n) is 13.6. The molecule has 1 fully saturated rings. The largest absolute Gasteiger partial charge is 0.573 e. The highest BCUT2D eigenvalue weighted by atomic mass is 19.4. The van der Waals surface area contributed by atoms with E-state index in [9.17, 15) is 22.4 Å². The average molecular weight is 364 g/mol. The fraction of sp³-hybridized carbons (Fsp3) is 0.562. The molecule has 1 aromatic carbocycles. The molecular formula is C16H20F4N2O3. The van der Waals surface area contributed by atoms with Gasteiger partial charge in [-0.1, -0.05) is 13.0 Å². The molecule has 0 saturated heterocycles. The second kappa shape index (κ2) is 8.01. The van der Waals surface area contributed by atoms with Gasteiger partial charge in [0.05, 0.1) is 6.54 Å². The number of hydrogen-bond donors (Lipinski definition) is 2. The number of rotatable bonds is 8. The second-order valence-electron chi connectivity index (χ2n) is 5.92. The summed E-state index contributed by atoms with van der Waals surface area (Å²) in [6.07, 6.45) is -3.57. The predicted octanol–water partition coefficient (Wildman–Crippen LogP) is 2.75. The number of aliphatic carboxylic acids is 1. The number of nitrogens with one attached hydrogen (secondary N) is 1. The standard InChI is InChI=1S/C16H20F4N2O3/c1-2-22(9-15(23)24)11-6-10(7-11)21-8-12-13(17)4-3-5-14(12)25-16(18,19)20/h3-5,10-11,21H,2,6-9H2,1H3,(H,23,24). The number of alkyl halides is 3. The lowest BCUT2D eigenvalue weighted by Gasteiger charge is -2.42. The van der Waals surface area contributed by atoms with Crippen molar-refractivity contribution in [1.82, 2.24) is 10.2 Å². The number of halogens is 4. The summed E-state index contributed by atoms with van der Waals surface area (Å²) in [4.78, 5) is 12.6. The predicted molar refractivity (Wildman–Crippen MR) is 81.6 cm³/mol. The zero-order chi connectivity index (χ0) is 18.6. The maximum atomic E-state index is 13.8. The SMILES string of the molecule is CCN(CC(=O)O)C1CC(NCc2c(F)cccc2OC(F)(F)F)C1. The Labute approximate surface area is 142 Å². The fourth-order valence-corrected chi connectivity index (χ4v) is 2.90. The van der Waals surface area contributed by atoms with Crippen molar-refractivity contribution in [2.45, 2.75) is 44.8 Å². The van der Waals surface area contributed by atoms with Gasteiger partial charge in [0.1, 0.15) is 11.6 Å². The van der Waals surface area contributed by atoms with E-state index < -0.39 is 23.9 Å². The van der Waals surface area contributed by atoms with Gasteiger partial charge >= 0.3 is 12.3 Å². The third-order valence-electron chi connectivity index (χ3n) is 4.24. The molecule has 5 nitrogen and oxygen atoms in total. The smallest absolute Gasteiger partial charge is 0.480 e. The van der Waals surface area contributed by atoms with Crippen LogP contribution < -0.4 is 10.1 Å². The summed E-state index contributed by atoms with van der Waals surface area (Å²) >= 11 is 0. The first-order valence-corrected chi connectivity index (χ1v) is 7.92. The van der Waals surface area contributed by atoms with Gasteiger partial charge in [-0.3, -0.25) is 9.69 Å². The molecular weight excluding hydrogens is 344 g/mol. The minimum atomic E-state index is -4.89. The molecule has 2 rings (SSSR count). The highest BCUT2D eigenvalue weighted by Crippen LogP contribution is 2.30. The van der Waals surface area contributed by atoms with Crippen LogP contribution in [0.4, 0.5) is 17.6 Å². The minimum absolute atomic E-state index is 0.00816. The number of nitrogens with zero attached hydrogens (tertiary/aromatic N) is 1. The number of carboxylic acid groups (broad SMARTS) is 1. The molecule has 9 heteroatoms. The van der Waals surface area contributed by atoms with E-state index in [2.05, 4.69) is 10.1 Å². The van der Waals surface area contributed by atoms with Crippen LogP contribution in [0.3, 0.4) is 0 Å². The van der Waals surface area contributed by atoms with Crippen LogP contribution in [0, 0.1) is 5.82 Å². The van der Waals surface area contributed by atoms with Gasteiger partial charge in [-0.15, -0.1) is 13.2 Å². The van der Waals surface area contributed by atoms with E-state index in [0.717, 1.165) is 18.2 Å². The second-order valence-corrected chi connectivity index (χ2v) is 5.92. The third kappa shape index (κ3) is 5.57. The monoisotopic (exact) mass is 364 g/mol. The van der Waals surface area contributed by atoms with Crippen LogP contribution in [0.15, 0.2) is 18.2 Å². The van der Waals surface area contributed by atoms with Crippen molar-refractivity contribution < 1.29 is 32.2 Å². The number of likely N-dealkylation sites (N-methyl/N-ethyl adjacent to an activating group) is 1. The molecule has 1 aliphatic rings. The molecule has 0 radical (unpaired) electrons. The third-order valence-corrected chi connectivity index (χ3v) is 4.24. The zero-order valence-corrected chi connectivity index (χ0v) is 13.6. The highest BCUT2D eigenvalue weighted by Gasteiger charge is 2.35. The number of hydrogen-bond acceptors (Lipinski definition) is 4. The normalized spacial score (nSPS) is 20.4. The summed E-state index contributed by atoms with van der Waals surface area (Å²) in [6.45, 7) is 2.32. The molecule has 0 amide bonds. The van der Waals surface area contributed by atoms with E-state index in [-0.39, 0.29) is 30.7 Å². The molecule has 2 N–H and O–H groups in total. The van der Waals surface area contributed by atoms with Crippen molar-refractivity contribution in [3.63, 3.8) is 0 Å². The Morgan fingerprint density at radius 3 is 2.64 bits per heavy atom. The van der Waals surface area contributed by atoms with Crippen LogP contribution in [0.1, 0.15) is 25.3 Å². The molecule has 0 spiro atoms. The fourth-order valence-electron chi connectivity index (χ4n) is 2.90. The Morgan fingerprint density at radius 2 is 2.08 bits per heavy atom. The van der Waals surface area contributed by atoms with Crippen molar-refractivity contribution in [3.05, 3.63) is 29.6 Å². The van der Waals surface area contributed by atoms with Gasteiger partial charge in [0.15, 0.2) is 0 Å². The van der Waals surface area contributed by atoms with E-state index in [1.54, 1.807) is 0 Å². The molecule has 0 aliphatic heterocycles. The van der Waals surface area contributed by atoms with Crippen LogP contribution in [0.25, 0.3) is 0 Å². The highest BCUT2D eigenvalue weighted by molar-refractivity contribution is 5.69. The summed E-state index contributed by atoms with van der Waals surface area (Å²) in [6, 6.07) is 3.40. The molecule has 1 saturated carbocycles. The van der Waals surface area contributed by atoms with Gasteiger partial charge in [0.2, 0.25) is 0 Å². The van der Waals surface area contributed by atoms with Crippen LogP contribution in [-0.4, -0.2) is 47.5 Å². The van der Waals surface area contributed by atoms with Crippen molar-refractivity contribution in [2.75, 3.05) is 13.1 Å². The topological polar surface area (TPSA) is 61.8 Å². The van der Waals surface area contributed by atoms with E-state index in [1.165, 1.54) is 0 Å². The summed E-state index contributed by atoms with van der Waals surface area (Å²) in [5, 5.41) is 11.9. The lowest BCUT2D eigenvalue weighted by Crippen LogP contribution is -2.53. The van der Waals surface area contributed by atoms with Crippen molar-refractivity contribution >= 4 is 5.97 Å². The minimum Gasteiger partial charge on any atom is -0.480 e. The molecule has 25 heavy (non-hydrogen) atoms. The van der Waals surface area contributed by atoms with Crippen molar-refractivity contribution in [2.24, 2.45) is 0 Å². The number of ether oxygens (including phenoxy) is 1. The number of carboxylic acids is 1. The molecule has 0 aromatic heterocycles. The Kier molecular flexibility index (Phi) is 6.23. The lowest BCUT2D eigenvalue weighted by atomic mass is 9.85. The summed E-state index contributed by atoms with van der Waals surface area (Å²) in [5.74, 6) is -2.23. The van der Waals surface area contributed by atoms with Gasteiger partial charge in [0.25, 0.3) is 0 Å². The molecule has 0 atom stereocenters. The Bertz CT molecular complexity index is 604. The van der Waals surface area contributed by atoms with Crippen molar-refractivity contribution in [3.8, 4) is 5.75 Å². The Morgan fingerprint density at radius 1 is 1.40 bits per heavy atom. The van der Waals surface area contributed by atoms with E-state index >= 15 is 0 Å². The Balaban J connectivity index is 1.90. The first-order chi connectivity index (χ1) is 11.7. The van der Waals surface area contributed by atoms with E-state index in [0.29, 0.717) is 19.4 Å². The molecule has 1 aromatic rings. The van der Waals surface area contributed by atoms with Crippen molar-refractivity contribution in [1.29, 1.82) is 0 Å². The number of benzene rings is 1. The van der Waals surface area contributed by atoms with Gasteiger partial charge in [-0.05, 0) is 31.5 Å². The quantitative estimate of drug-likeness (QED) is 0.695. The van der Waals surface area contributed by atoms with Crippen LogP contribution in [0.5, 0.6) is 5.75 Å². The van der Waals surface area contributed by atoms with Gasteiger partial charge in [-0.2, -0.15) is 0 Å². The first-order valence-electron chi connectivity index (χ1n) is 7.92. The van der Waals surface area contributed by atoms with Gasteiger partial charge in [-0.25, -0.2) is 4.39 Å². The van der Waals surface area contributed by atoms with Gasteiger partial charge in [0, 0.05) is 24.2 Å². The van der Waals surface area contributed by atoms with Crippen LogP contribution in [-0.2, 0) is 11.3 Å². The number of carbonyl (C=O) groups is 1. The Hall–Kier alpha value is -1.87. The molecule has 0 unspecified atom stereocenters. The average Bonchev–Trinajstić information content (AvgIpc) is 2.44. The van der Waals surface area contributed by atoms with E-state index in [4.69, 9.17) is 5.11 Å². The summed E-state index contributed by atoms with van der Waals surface area (Å²) < 4.78 is 54.9. The molecule has 140 valence electrons. The van der Waals surface area contributed by atoms with Crippen LogP contribution in [0.2, 0.25) is 0 Å². The summed E-state index contributed by atoms with van der Waals surface area (Å²) in [7, 11) is 0. The molecule has 1 aliphatic carbocycles. The lowest BCUT2D eigenvalue weighted by molar-refractivity contribution is -0.275. The molecule has 0 bridgehead atoms. The van der Waals surface area contributed by atoms with Crippen LogP contribution >= 0.6 is 0 Å². The summed E-state index contributed by atoms with van der Waals surface area (Å²) in [5.41, 5.74) is -0.179. The molecule has 0 heterocycles.